The lowest BCUT2D eigenvalue weighted by Crippen LogP contribution is -2.09. The molecule has 0 amide bonds. The van der Waals surface area contributed by atoms with Crippen LogP contribution >= 0.6 is 0 Å². The molecular formula is C29H28FNO2. The monoisotopic (exact) mass is 441 g/mol. The topological polar surface area (TPSA) is 42.2 Å². The maximum atomic E-state index is 15.2. The molecular weight excluding hydrogens is 413 g/mol. The summed E-state index contributed by atoms with van der Waals surface area (Å²) in [4.78, 5) is 11.8. The SMILES string of the molecule is O=C(O)c1ccc2c(C3CCCCC3)c(-c3ccccc3F)n(CCc3ccccc3)c2c1. The number of aryl methyl sites for hydroxylation is 2. The summed E-state index contributed by atoms with van der Waals surface area (Å²) in [6, 6.07) is 22.6. The molecule has 168 valence electrons. The summed E-state index contributed by atoms with van der Waals surface area (Å²) in [5.74, 6) is -0.833. The molecule has 1 N–H and O–H groups in total. The normalized spacial score (nSPS) is 14.6. The smallest absolute Gasteiger partial charge is 0.335 e. The van der Waals surface area contributed by atoms with E-state index in [9.17, 15) is 9.90 Å². The molecule has 33 heavy (non-hydrogen) atoms. The maximum Gasteiger partial charge on any atom is 0.335 e. The predicted octanol–water partition coefficient (Wildman–Crippen LogP) is 7.44. The van der Waals surface area contributed by atoms with Gasteiger partial charge in [-0.3, -0.25) is 0 Å². The van der Waals surface area contributed by atoms with Crippen molar-refractivity contribution in [2.24, 2.45) is 0 Å². The van der Waals surface area contributed by atoms with E-state index in [1.807, 2.05) is 36.4 Å². The highest BCUT2D eigenvalue weighted by Crippen LogP contribution is 2.44. The minimum atomic E-state index is -0.945. The third-order valence-corrected chi connectivity index (χ3v) is 6.96. The Bertz CT molecular complexity index is 1290. The van der Waals surface area contributed by atoms with Crippen molar-refractivity contribution in [2.75, 3.05) is 0 Å². The first kappa shape index (κ1) is 21.4. The van der Waals surface area contributed by atoms with Crippen LogP contribution in [0, 0.1) is 5.82 Å². The molecule has 0 saturated heterocycles. The molecule has 0 aliphatic heterocycles. The van der Waals surface area contributed by atoms with Crippen molar-refractivity contribution in [2.45, 2.75) is 51.0 Å². The van der Waals surface area contributed by atoms with Gasteiger partial charge in [-0.2, -0.15) is 0 Å². The van der Waals surface area contributed by atoms with Crippen LogP contribution in [0.4, 0.5) is 4.39 Å². The molecule has 1 fully saturated rings. The number of aromatic carboxylic acids is 1. The Morgan fingerprint density at radius 3 is 2.39 bits per heavy atom. The van der Waals surface area contributed by atoms with Crippen molar-refractivity contribution < 1.29 is 14.3 Å². The molecule has 0 atom stereocenters. The molecule has 1 aromatic heterocycles. The standard InChI is InChI=1S/C29H28FNO2/c30-25-14-8-7-13-23(25)28-27(21-11-5-2-6-12-21)24-16-15-22(29(32)33)19-26(24)31(28)18-17-20-9-3-1-4-10-20/h1,3-4,7-10,13-16,19,21H,2,5-6,11-12,17-18H2,(H,32,33). The summed E-state index contributed by atoms with van der Waals surface area (Å²) in [5, 5.41) is 10.7. The zero-order chi connectivity index (χ0) is 22.8. The predicted molar refractivity (Wildman–Crippen MR) is 130 cm³/mol. The van der Waals surface area contributed by atoms with Crippen LogP contribution in [0.1, 0.15) is 59.5 Å². The molecule has 1 aliphatic rings. The fourth-order valence-electron chi connectivity index (χ4n) is 5.38. The quantitative estimate of drug-likeness (QED) is 0.338. The highest BCUT2D eigenvalue weighted by Gasteiger charge is 2.28. The number of halogens is 1. The number of fused-ring (bicyclic) bond motifs is 1. The van der Waals surface area contributed by atoms with Crippen LogP contribution in [0.2, 0.25) is 0 Å². The average molecular weight is 442 g/mol. The van der Waals surface area contributed by atoms with E-state index < -0.39 is 5.97 Å². The number of carboxylic acids is 1. The lowest BCUT2D eigenvalue weighted by atomic mass is 9.81. The van der Waals surface area contributed by atoms with E-state index in [2.05, 4.69) is 16.7 Å². The molecule has 1 saturated carbocycles. The summed E-state index contributed by atoms with van der Waals surface area (Å²) in [7, 11) is 0. The van der Waals surface area contributed by atoms with Crippen LogP contribution in [0.3, 0.4) is 0 Å². The number of rotatable bonds is 6. The number of nitrogens with zero attached hydrogens (tertiary/aromatic N) is 1. The van der Waals surface area contributed by atoms with E-state index in [0.29, 0.717) is 18.0 Å². The van der Waals surface area contributed by atoms with Gasteiger partial charge in [0.1, 0.15) is 5.82 Å². The van der Waals surface area contributed by atoms with Crippen LogP contribution < -0.4 is 0 Å². The molecule has 4 aromatic rings. The van der Waals surface area contributed by atoms with Gasteiger partial charge in [0.25, 0.3) is 0 Å². The number of hydrogen-bond donors (Lipinski definition) is 1. The molecule has 3 nitrogen and oxygen atoms in total. The second-order valence-corrected chi connectivity index (χ2v) is 9.00. The fraction of sp³-hybridized carbons (Fsp3) is 0.276. The molecule has 5 rings (SSSR count). The van der Waals surface area contributed by atoms with Crippen molar-refractivity contribution in [1.82, 2.24) is 4.57 Å². The summed E-state index contributed by atoms with van der Waals surface area (Å²) in [6.45, 7) is 0.653. The zero-order valence-electron chi connectivity index (χ0n) is 18.6. The van der Waals surface area contributed by atoms with E-state index in [-0.39, 0.29) is 11.4 Å². The second kappa shape index (κ2) is 9.22. The van der Waals surface area contributed by atoms with E-state index in [4.69, 9.17) is 0 Å². The van der Waals surface area contributed by atoms with Gasteiger partial charge in [0.15, 0.2) is 0 Å². The van der Waals surface area contributed by atoms with E-state index in [1.54, 1.807) is 18.2 Å². The summed E-state index contributed by atoms with van der Waals surface area (Å²) >= 11 is 0. The third kappa shape index (κ3) is 4.18. The molecule has 0 radical (unpaired) electrons. The van der Waals surface area contributed by atoms with Gasteiger partial charge >= 0.3 is 5.97 Å². The van der Waals surface area contributed by atoms with Gasteiger partial charge < -0.3 is 9.67 Å². The van der Waals surface area contributed by atoms with Crippen LogP contribution in [0.25, 0.3) is 22.2 Å². The van der Waals surface area contributed by atoms with Crippen LogP contribution in [-0.4, -0.2) is 15.6 Å². The van der Waals surface area contributed by atoms with Gasteiger partial charge in [-0.15, -0.1) is 0 Å². The van der Waals surface area contributed by atoms with Gasteiger partial charge in [0, 0.05) is 23.0 Å². The highest BCUT2D eigenvalue weighted by molar-refractivity contribution is 5.98. The van der Waals surface area contributed by atoms with E-state index >= 15 is 4.39 Å². The molecule has 3 aromatic carbocycles. The molecule has 0 bridgehead atoms. The Balaban J connectivity index is 1.76. The fourth-order valence-corrected chi connectivity index (χ4v) is 5.38. The van der Waals surface area contributed by atoms with E-state index in [1.165, 1.54) is 36.5 Å². The van der Waals surface area contributed by atoms with Gasteiger partial charge in [-0.25, -0.2) is 9.18 Å². The number of aromatic nitrogens is 1. The van der Waals surface area contributed by atoms with Crippen molar-refractivity contribution in [1.29, 1.82) is 0 Å². The van der Waals surface area contributed by atoms with Crippen molar-refractivity contribution in [3.8, 4) is 11.3 Å². The summed E-state index contributed by atoms with van der Waals surface area (Å²) < 4.78 is 17.4. The Morgan fingerprint density at radius 2 is 1.67 bits per heavy atom. The summed E-state index contributed by atoms with van der Waals surface area (Å²) in [5.41, 5.74) is 5.03. The number of carboxylic acid groups (broad SMARTS) is 1. The Labute approximate surface area is 193 Å². The van der Waals surface area contributed by atoms with Gasteiger partial charge in [-0.05, 0) is 60.6 Å². The molecule has 0 spiro atoms. The van der Waals surface area contributed by atoms with Crippen molar-refractivity contribution >= 4 is 16.9 Å². The molecule has 0 unspecified atom stereocenters. The maximum absolute atomic E-state index is 15.2. The summed E-state index contributed by atoms with van der Waals surface area (Å²) in [6.07, 6.45) is 6.53. The Hall–Kier alpha value is -3.40. The van der Waals surface area contributed by atoms with Crippen LogP contribution in [-0.2, 0) is 13.0 Å². The minimum Gasteiger partial charge on any atom is -0.478 e. The first-order valence-corrected chi connectivity index (χ1v) is 11.8. The second-order valence-electron chi connectivity index (χ2n) is 9.00. The first-order chi connectivity index (χ1) is 16.1. The van der Waals surface area contributed by atoms with Crippen LogP contribution in [0.5, 0.6) is 0 Å². The van der Waals surface area contributed by atoms with E-state index in [0.717, 1.165) is 35.9 Å². The Kier molecular flexibility index (Phi) is 5.99. The number of hydrogen-bond acceptors (Lipinski definition) is 1. The lowest BCUT2D eigenvalue weighted by molar-refractivity contribution is 0.0697. The molecule has 1 heterocycles. The van der Waals surface area contributed by atoms with Crippen molar-refractivity contribution in [3.05, 3.63) is 95.3 Å². The molecule has 1 aliphatic carbocycles. The lowest BCUT2D eigenvalue weighted by Gasteiger charge is -2.24. The zero-order valence-corrected chi connectivity index (χ0v) is 18.6. The average Bonchev–Trinajstić information content (AvgIpc) is 3.17. The highest BCUT2D eigenvalue weighted by atomic mass is 19.1. The van der Waals surface area contributed by atoms with Gasteiger partial charge in [0.05, 0.1) is 11.3 Å². The molecule has 4 heteroatoms. The number of benzene rings is 3. The third-order valence-electron chi connectivity index (χ3n) is 6.96. The first-order valence-electron chi connectivity index (χ1n) is 11.8. The van der Waals surface area contributed by atoms with Gasteiger partial charge in [-0.1, -0.05) is 67.8 Å². The number of carbonyl (C=O) groups is 1. The van der Waals surface area contributed by atoms with Crippen molar-refractivity contribution in [3.63, 3.8) is 0 Å². The Morgan fingerprint density at radius 1 is 0.939 bits per heavy atom. The largest absolute Gasteiger partial charge is 0.478 e. The van der Waals surface area contributed by atoms with Crippen LogP contribution in [0.15, 0.2) is 72.8 Å². The van der Waals surface area contributed by atoms with Gasteiger partial charge in [0.2, 0.25) is 0 Å². The minimum absolute atomic E-state index is 0.239.